The summed E-state index contributed by atoms with van der Waals surface area (Å²) < 4.78 is 5.35. The Morgan fingerprint density at radius 1 is 1.22 bits per heavy atom. The molecule has 4 heteroatoms. The number of benzene rings is 2. The zero-order valence-electron chi connectivity index (χ0n) is 13.7. The molecule has 0 aliphatic rings. The number of carbonyl (C=O) groups is 1. The second-order valence-corrected chi connectivity index (χ2v) is 5.65. The predicted molar refractivity (Wildman–Crippen MR) is 92.6 cm³/mol. The highest BCUT2D eigenvalue weighted by Gasteiger charge is 2.13. The van der Waals surface area contributed by atoms with Crippen molar-refractivity contribution < 1.29 is 9.53 Å². The number of hydrogen-bond donors (Lipinski definition) is 2. The quantitative estimate of drug-likeness (QED) is 0.824. The zero-order valence-corrected chi connectivity index (χ0v) is 13.7. The lowest BCUT2D eigenvalue weighted by molar-refractivity contribution is -0.122. The molecule has 0 unspecified atom stereocenters. The van der Waals surface area contributed by atoms with Crippen molar-refractivity contribution in [2.45, 2.75) is 25.8 Å². The number of aryl methyl sites for hydroxylation is 1. The van der Waals surface area contributed by atoms with Crippen LogP contribution in [0.5, 0.6) is 5.75 Å². The molecular formula is C19H24N2O2. The van der Waals surface area contributed by atoms with Gasteiger partial charge >= 0.3 is 0 Å². The number of rotatable bonds is 7. The second-order valence-electron chi connectivity index (χ2n) is 5.65. The van der Waals surface area contributed by atoms with Gasteiger partial charge in [-0.2, -0.15) is 0 Å². The highest BCUT2D eigenvalue weighted by Crippen LogP contribution is 2.19. The zero-order chi connectivity index (χ0) is 16.7. The van der Waals surface area contributed by atoms with E-state index in [-0.39, 0.29) is 5.91 Å². The fourth-order valence-electron chi connectivity index (χ4n) is 2.51. The molecule has 0 saturated heterocycles. The van der Waals surface area contributed by atoms with E-state index in [1.807, 2.05) is 49.4 Å². The van der Waals surface area contributed by atoms with E-state index in [2.05, 4.69) is 11.4 Å². The van der Waals surface area contributed by atoms with E-state index in [9.17, 15) is 4.79 Å². The molecule has 2 rings (SSSR count). The number of ether oxygens (including phenoxy) is 1. The van der Waals surface area contributed by atoms with Crippen LogP contribution >= 0.6 is 0 Å². The number of amides is 1. The first-order chi connectivity index (χ1) is 11.1. The van der Waals surface area contributed by atoms with Crippen LogP contribution in [-0.4, -0.2) is 25.6 Å². The molecule has 3 N–H and O–H groups in total. The lowest BCUT2D eigenvalue weighted by atomic mass is 10.1. The molecule has 2 aromatic rings. The summed E-state index contributed by atoms with van der Waals surface area (Å²) in [5, 5.41) is 2.90. The van der Waals surface area contributed by atoms with Gasteiger partial charge in [-0.1, -0.05) is 48.0 Å². The van der Waals surface area contributed by atoms with Crippen LogP contribution in [0.4, 0.5) is 0 Å². The molecule has 0 aliphatic heterocycles. The smallest absolute Gasteiger partial charge is 0.237 e. The lowest BCUT2D eigenvalue weighted by Crippen LogP contribution is -2.42. The topological polar surface area (TPSA) is 64.3 Å². The molecule has 23 heavy (non-hydrogen) atoms. The Kier molecular flexibility index (Phi) is 6.18. The molecule has 0 bridgehead atoms. The number of methoxy groups -OCH3 is 1. The van der Waals surface area contributed by atoms with Gasteiger partial charge in [0.25, 0.3) is 0 Å². The van der Waals surface area contributed by atoms with Gasteiger partial charge in [-0.3, -0.25) is 4.79 Å². The summed E-state index contributed by atoms with van der Waals surface area (Å²) in [6, 6.07) is 15.3. The second kappa shape index (κ2) is 8.34. The predicted octanol–water partition coefficient (Wildman–Crippen LogP) is 2.23. The van der Waals surface area contributed by atoms with Gasteiger partial charge < -0.3 is 15.8 Å². The van der Waals surface area contributed by atoms with Crippen LogP contribution in [0, 0.1) is 6.92 Å². The fraction of sp³-hybridized carbons (Fsp3) is 0.316. The van der Waals surface area contributed by atoms with E-state index in [1.165, 1.54) is 5.56 Å². The Hall–Kier alpha value is -2.33. The van der Waals surface area contributed by atoms with Gasteiger partial charge in [0.2, 0.25) is 5.91 Å². The van der Waals surface area contributed by atoms with Crippen molar-refractivity contribution in [1.82, 2.24) is 5.32 Å². The average molecular weight is 312 g/mol. The lowest BCUT2D eigenvalue weighted by Gasteiger charge is -2.13. The van der Waals surface area contributed by atoms with Crippen molar-refractivity contribution in [3.63, 3.8) is 0 Å². The minimum atomic E-state index is -0.531. The first-order valence-electron chi connectivity index (χ1n) is 7.81. The Morgan fingerprint density at radius 2 is 1.96 bits per heavy atom. The Balaban J connectivity index is 1.84. The van der Waals surface area contributed by atoms with Crippen LogP contribution in [0.2, 0.25) is 0 Å². The van der Waals surface area contributed by atoms with Crippen LogP contribution in [0.25, 0.3) is 0 Å². The maximum atomic E-state index is 12.1. The number of hydrogen-bond acceptors (Lipinski definition) is 3. The molecule has 0 radical (unpaired) electrons. The normalized spacial score (nSPS) is 11.8. The van der Waals surface area contributed by atoms with Crippen molar-refractivity contribution in [3.05, 3.63) is 65.2 Å². The summed E-state index contributed by atoms with van der Waals surface area (Å²) in [5.74, 6) is 0.721. The maximum Gasteiger partial charge on any atom is 0.237 e. The van der Waals surface area contributed by atoms with Gasteiger partial charge in [0.15, 0.2) is 0 Å². The van der Waals surface area contributed by atoms with Gasteiger partial charge in [-0.05, 0) is 37.0 Å². The Labute approximate surface area is 137 Å². The minimum Gasteiger partial charge on any atom is -0.496 e. The van der Waals surface area contributed by atoms with Gasteiger partial charge in [0, 0.05) is 6.54 Å². The van der Waals surface area contributed by atoms with Crippen LogP contribution < -0.4 is 15.8 Å². The first kappa shape index (κ1) is 17.0. The minimum absolute atomic E-state index is 0.125. The summed E-state index contributed by atoms with van der Waals surface area (Å²) in [4.78, 5) is 12.1. The summed E-state index contributed by atoms with van der Waals surface area (Å²) >= 11 is 0. The van der Waals surface area contributed by atoms with E-state index in [0.717, 1.165) is 16.9 Å². The van der Waals surface area contributed by atoms with Crippen LogP contribution in [0.1, 0.15) is 16.7 Å². The molecule has 0 saturated carbocycles. The molecule has 0 spiro atoms. The van der Waals surface area contributed by atoms with E-state index >= 15 is 0 Å². The van der Waals surface area contributed by atoms with Gasteiger partial charge in [-0.25, -0.2) is 0 Å². The fourth-order valence-corrected chi connectivity index (χ4v) is 2.51. The van der Waals surface area contributed by atoms with Gasteiger partial charge in [-0.15, -0.1) is 0 Å². The van der Waals surface area contributed by atoms with Gasteiger partial charge in [0.05, 0.1) is 13.2 Å². The molecule has 1 amide bonds. The first-order valence-corrected chi connectivity index (χ1v) is 7.81. The molecule has 122 valence electrons. The SMILES string of the molecule is COc1ccc(C)cc1CCNC(=O)[C@@H](N)Cc1ccccc1. The molecule has 0 aromatic heterocycles. The van der Waals surface area contributed by atoms with E-state index in [1.54, 1.807) is 7.11 Å². The third kappa shape index (κ3) is 5.11. The molecule has 2 aromatic carbocycles. The largest absolute Gasteiger partial charge is 0.496 e. The Bertz CT molecular complexity index is 641. The standard InChI is InChI=1S/C19H24N2O2/c1-14-8-9-18(23-2)16(12-14)10-11-21-19(22)17(20)13-15-6-4-3-5-7-15/h3-9,12,17H,10-11,13,20H2,1-2H3,(H,21,22)/t17-/m0/s1. The highest BCUT2D eigenvalue weighted by atomic mass is 16.5. The van der Waals surface area contributed by atoms with E-state index < -0.39 is 6.04 Å². The molecule has 4 nitrogen and oxygen atoms in total. The van der Waals surface area contributed by atoms with E-state index in [4.69, 9.17) is 10.5 Å². The van der Waals surface area contributed by atoms with Crippen molar-refractivity contribution in [1.29, 1.82) is 0 Å². The summed E-state index contributed by atoms with van der Waals surface area (Å²) in [5.41, 5.74) is 9.30. The van der Waals surface area contributed by atoms with Crippen molar-refractivity contribution >= 4 is 5.91 Å². The third-order valence-corrected chi connectivity index (χ3v) is 3.76. The third-order valence-electron chi connectivity index (χ3n) is 3.76. The monoisotopic (exact) mass is 312 g/mol. The maximum absolute atomic E-state index is 12.1. The molecule has 0 fully saturated rings. The molecular weight excluding hydrogens is 288 g/mol. The summed E-state index contributed by atoms with van der Waals surface area (Å²) in [6.45, 7) is 2.58. The number of nitrogens with two attached hydrogens (primary N) is 1. The summed E-state index contributed by atoms with van der Waals surface area (Å²) in [6.07, 6.45) is 1.26. The molecule has 1 atom stereocenters. The molecule has 0 heterocycles. The van der Waals surface area contributed by atoms with Crippen molar-refractivity contribution in [2.24, 2.45) is 5.73 Å². The number of carbonyl (C=O) groups excluding carboxylic acids is 1. The highest BCUT2D eigenvalue weighted by molar-refractivity contribution is 5.81. The van der Waals surface area contributed by atoms with Crippen LogP contribution in [0.3, 0.4) is 0 Å². The number of nitrogens with one attached hydrogen (secondary N) is 1. The molecule has 0 aliphatic carbocycles. The Morgan fingerprint density at radius 3 is 2.65 bits per heavy atom. The van der Waals surface area contributed by atoms with E-state index in [0.29, 0.717) is 19.4 Å². The van der Waals surface area contributed by atoms with Gasteiger partial charge in [0.1, 0.15) is 5.75 Å². The average Bonchev–Trinajstić information content (AvgIpc) is 2.56. The summed E-state index contributed by atoms with van der Waals surface area (Å²) in [7, 11) is 1.66. The van der Waals surface area contributed by atoms with Crippen LogP contribution in [0.15, 0.2) is 48.5 Å². The van der Waals surface area contributed by atoms with Crippen molar-refractivity contribution in [2.75, 3.05) is 13.7 Å². The van der Waals surface area contributed by atoms with Crippen molar-refractivity contribution in [3.8, 4) is 5.75 Å². The van der Waals surface area contributed by atoms with Crippen LogP contribution in [-0.2, 0) is 17.6 Å².